The topological polar surface area (TPSA) is 73.1 Å². The summed E-state index contributed by atoms with van der Waals surface area (Å²) in [6.07, 6.45) is 0. The molecule has 0 aliphatic carbocycles. The molecule has 0 saturated carbocycles. The fraction of sp³-hybridized carbons (Fsp3) is 0.125. The van der Waals surface area contributed by atoms with Crippen LogP contribution in [0.15, 0.2) is 57.9 Å². The van der Waals surface area contributed by atoms with Gasteiger partial charge in [0.1, 0.15) is 11.6 Å². The van der Waals surface area contributed by atoms with Crippen molar-refractivity contribution in [1.29, 1.82) is 0 Å². The molecule has 5 nitrogen and oxygen atoms in total. The summed E-state index contributed by atoms with van der Waals surface area (Å²) in [4.78, 5) is 4.12. The molecule has 0 N–H and O–H groups in total. The number of aromatic nitrogens is 2. The van der Waals surface area contributed by atoms with Crippen LogP contribution in [-0.2, 0) is 15.6 Å². The molecule has 0 atom stereocenters. The summed E-state index contributed by atoms with van der Waals surface area (Å²) in [6.45, 7) is 1.96. The highest BCUT2D eigenvalue weighted by molar-refractivity contribution is 7.90. The lowest BCUT2D eigenvalue weighted by Gasteiger charge is -2.00. The van der Waals surface area contributed by atoms with Crippen molar-refractivity contribution in [3.8, 4) is 11.4 Å². The molecule has 0 aliphatic rings. The second-order valence-electron chi connectivity index (χ2n) is 5.09. The third-order valence-corrected chi connectivity index (χ3v) is 4.88. The molecule has 0 amide bonds. The van der Waals surface area contributed by atoms with E-state index in [1.807, 2.05) is 31.2 Å². The van der Waals surface area contributed by atoms with Crippen LogP contribution < -0.4 is 0 Å². The zero-order valence-corrected chi connectivity index (χ0v) is 13.0. The molecule has 1 heterocycles. The molecule has 0 spiro atoms. The summed E-state index contributed by atoms with van der Waals surface area (Å²) >= 11 is 0. The van der Waals surface area contributed by atoms with Crippen LogP contribution in [0.4, 0.5) is 4.39 Å². The van der Waals surface area contributed by atoms with Crippen molar-refractivity contribution < 1.29 is 17.3 Å². The Morgan fingerprint density at radius 1 is 1.04 bits per heavy atom. The first-order chi connectivity index (χ1) is 10.9. The van der Waals surface area contributed by atoms with Crippen molar-refractivity contribution in [2.45, 2.75) is 17.6 Å². The predicted molar refractivity (Wildman–Crippen MR) is 81.8 cm³/mol. The lowest BCUT2D eigenvalue weighted by Crippen LogP contribution is -2.05. The van der Waals surface area contributed by atoms with E-state index in [2.05, 4.69) is 10.1 Å². The van der Waals surface area contributed by atoms with Gasteiger partial charge in [0, 0.05) is 5.56 Å². The zero-order valence-electron chi connectivity index (χ0n) is 12.2. The van der Waals surface area contributed by atoms with E-state index < -0.39 is 21.4 Å². The maximum atomic E-state index is 12.9. The molecule has 0 saturated heterocycles. The molecule has 2 aromatic carbocycles. The van der Waals surface area contributed by atoms with Crippen LogP contribution in [0, 0.1) is 12.7 Å². The minimum absolute atomic E-state index is 0.00832. The van der Waals surface area contributed by atoms with Crippen molar-refractivity contribution in [2.24, 2.45) is 0 Å². The highest BCUT2D eigenvalue weighted by atomic mass is 32.2. The molecular weight excluding hydrogens is 319 g/mol. The second kappa shape index (κ2) is 5.92. The summed E-state index contributed by atoms with van der Waals surface area (Å²) in [5.41, 5.74) is 1.83. The highest BCUT2D eigenvalue weighted by Gasteiger charge is 2.20. The van der Waals surface area contributed by atoms with Gasteiger partial charge < -0.3 is 4.52 Å². The fourth-order valence-electron chi connectivity index (χ4n) is 2.02. The van der Waals surface area contributed by atoms with Gasteiger partial charge in [-0.2, -0.15) is 4.98 Å². The normalized spacial score (nSPS) is 11.6. The minimum atomic E-state index is -3.67. The van der Waals surface area contributed by atoms with Crippen LogP contribution in [0.3, 0.4) is 0 Å². The standard InChI is InChI=1S/C16H13FN2O3S/c1-11-2-4-12(5-3-11)16-18-15(22-19-16)10-23(20,21)14-8-6-13(17)7-9-14/h2-9H,10H2,1H3. The van der Waals surface area contributed by atoms with Gasteiger partial charge in [-0.25, -0.2) is 12.8 Å². The molecule has 0 radical (unpaired) electrons. The van der Waals surface area contributed by atoms with Gasteiger partial charge in [0.15, 0.2) is 9.84 Å². The van der Waals surface area contributed by atoms with Gasteiger partial charge in [0.05, 0.1) is 4.90 Å². The number of benzene rings is 2. The summed E-state index contributed by atoms with van der Waals surface area (Å²) < 4.78 is 42.4. The van der Waals surface area contributed by atoms with Crippen LogP contribution in [0.25, 0.3) is 11.4 Å². The highest BCUT2D eigenvalue weighted by Crippen LogP contribution is 2.20. The molecule has 7 heteroatoms. The third-order valence-electron chi connectivity index (χ3n) is 3.26. The Labute approximate surface area is 132 Å². The Morgan fingerprint density at radius 2 is 1.70 bits per heavy atom. The van der Waals surface area contributed by atoms with E-state index in [-0.39, 0.29) is 10.8 Å². The van der Waals surface area contributed by atoms with Gasteiger partial charge in [-0.1, -0.05) is 35.0 Å². The number of nitrogens with zero attached hydrogens (tertiary/aromatic N) is 2. The van der Waals surface area contributed by atoms with Gasteiger partial charge in [0.25, 0.3) is 0 Å². The Balaban J connectivity index is 1.83. The van der Waals surface area contributed by atoms with Crippen molar-refractivity contribution in [1.82, 2.24) is 10.1 Å². The third kappa shape index (κ3) is 3.45. The van der Waals surface area contributed by atoms with Crippen LogP contribution in [0.1, 0.15) is 11.5 Å². The Bertz CT molecular complexity index is 917. The second-order valence-corrected chi connectivity index (χ2v) is 7.08. The summed E-state index contributed by atoms with van der Waals surface area (Å²) in [7, 11) is -3.67. The van der Waals surface area contributed by atoms with E-state index in [0.717, 1.165) is 23.3 Å². The smallest absolute Gasteiger partial charge is 0.242 e. The lowest BCUT2D eigenvalue weighted by atomic mass is 10.1. The monoisotopic (exact) mass is 332 g/mol. The van der Waals surface area contributed by atoms with Crippen LogP contribution in [0.5, 0.6) is 0 Å². The maximum absolute atomic E-state index is 12.9. The molecule has 0 aliphatic heterocycles. The number of rotatable bonds is 4. The summed E-state index contributed by atoms with van der Waals surface area (Å²) in [6, 6.07) is 12.1. The Morgan fingerprint density at radius 3 is 2.35 bits per heavy atom. The number of aryl methyl sites for hydroxylation is 1. The van der Waals surface area contributed by atoms with Gasteiger partial charge >= 0.3 is 0 Å². The molecule has 1 aromatic heterocycles. The first-order valence-electron chi connectivity index (χ1n) is 6.82. The molecule has 3 rings (SSSR count). The minimum Gasteiger partial charge on any atom is -0.338 e. The number of halogens is 1. The van der Waals surface area contributed by atoms with E-state index in [0.29, 0.717) is 5.82 Å². The average Bonchev–Trinajstić information content (AvgIpc) is 2.96. The molecule has 0 bridgehead atoms. The quantitative estimate of drug-likeness (QED) is 0.686. The lowest BCUT2D eigenvalue weighted by molar-refractivity contribution is 0.389. The number of hydrogen-bond acceptors (Lipinski definition) is 5. The number of sulfone groups is 1. The van der Waals surface area contributed by atoms with Gasteiger partial charge in [0.2, 0.25) is 11.7 Å². The maximum Gasteiger partial charge on any atom is 0.242 e. The Kier molecular flexibility index (Phi) is 3.96. The molecule has 23 heavy (non-hydrogen) atoms. The first-order valence-corrected chi connectivity index (χ1v) is 8.47. The largest absolute Gasteiger partial charge is 0.338 e. The summed E-state index contributed by atoms with van der Waals surface area (Å²) in [5.74, 6) is -0.611. The molecule has 0 fully saturated rings. The van der Waals surface area contributed by atoms with Crippen molar-refractivity contribution in [3.63, 3.8) is 0 Å². The van der Waals surface area contributed by atoms with Crippen molar-refractivity contribution in [2.75, 3.05) is 0 Å². The van der Waals surface area contributed by atoms with Gasteiger partial charge in [-0.05, 0) is 31.2 Å². The van der Waals surface area contributed by atoms with E-state index in [9.17, 15) is 12.8 Å². The average molecular weight is 332 g/mol. The number of hydrogen-bond donors (Lipinski definition) is 0. The van der Waals surface area contributed by atoms with Crippen LogP contribution >= 0.6 is 0 Å². The molecular formula is C16H13FN2O3S. The van der Waals surface area contributed by atoms with Crippen LogP contribution in [0.2, 0.25) is 0 Å². The van der Waals surface area contributed by atoms with Gasteiger partial charge in [-0.3, -0.25) is 0 Å². The van der Waals surface area contributed by atoms with E-state index in [1.54, 1.807) is 0 Å². The van der Waals surface area contributed by atoms with E-state index >= 15 is 0 Å². The van der Waals surface area contributed by atoms with E-state index in [4.69, 9.17) is 4.52 Å². The van der Waals surface area contributed by atoms with Gasteiger partial charge in [-0.15, -0.1) is 0 Å². The Hall–Kier alpha value is -2.54. The molecule has 3 aromatic rings. The SMILES string of the molecule is Cc1ccc(-c2noc(CS(=O)(=O)c3ccc(F)cc3)n2)cc1. The summed E-state index contributed by atoms with van der Waals surface area (Å²) in [5, 5.41) is 3.80. The fourth-order valence-corrected chi connectivity index (χ4v) is 3.18. The van der Waals surface area contributed by atoms with Crippen molar-refractivity contribution in [3.05, 3.63) is 65.8 Å². The van der Waals surface area contributed by atoms with E-state index in [1.165, 1.54) is 12.1 Å². The predicted octanol–water partition coefficient (Wildman–Crippen LogP) is 3.16. The molecule has 118 valence electrons. The van der Waals surface area contributed by atoms with Crippen molar-refractivity contribution >= 4 is 9.84 Å². The molecule has 0 unspecified atom stereocenters. The first kappa shape index (κ1) is 15.4. The van der Waals surface area contributed by atoms with Crippen LogP contribution in [-0.4, -0.2) is 18.6 Å². The zero-order chi connectivity index (χ0) is 16.4.